The van der Waals surface area contributed by atoms with E-state index in [9.17, 15) is 4.79 Å². The van der Waals surface area contributed by atoms with E-state index in [1.807, 2.05) is 13.0 Å². The van der Waals surface area contributed by atoms with Gasteiger partial charge in [0.1, 0.15) is 11.4 Å². The van der Waals surface area contributed by atoms with E-state index in [1.165, 1.54) is 0 Å². The Morgan fingerprint density at radius 2 is 2.24 bits per heavy atom. The molecule has 0 saturated carbocycles. The molecule has 0 radical (unpaired) electrons. The SMILES string of the molecule is CCOC(=O)COc1c(C)cc2cccnc2c1N1CCCNCC1. The second kappa shape index (κ2) is 8.16. The number of aromatic nitrogens is 1. The van der Waals surface area contributed by atoms with Crippen LogP contribution >= 0.6 is 0 Å². The summed E-state index contributed by atoms with van der Waals surface area (Å²) in [4.78, 5) is 18.6. The van der Waals surface area contributed by atoms with Gasteiger partial charge in [0.25, 0.3) is 0 Å². The molecule has 1 aliphatic rings. The van der Waals surface area contributed by atoms with Gasteiger partial charge in [0.2, 0.25) is 0 Å². The fourth-order valence-electron chi connectivity index (χ4n) is 3.20. The number of aryl methyl sites for hydroxylation is 1. The van der Waals surface area contributed by atoms with Crippen molar-refractivity contribution in [2.45, 2.75) is 20.3 Å². The van der Waals surface area contributed by atoms with Crippen LogP contribution in [0.15, 0.2) is 24.4 Å². The highest BCUT2D eigenvalue weighted by Gasteiger charge is 2.21. The molecule has 1 N–H and O–H groups in total. The number of rotatable bonds is 5. The van der Waals surface area contributed by atoms with Gasteiger partial charge in [0.05, 0.1) is 12.1 Å². The molecule has 25 heavy (non-hydrogen) atoms. The summed E-state index contributed by atoms with van der Waals surface area (Å²) in [5.74, 6) is 0.368. The minimum absolute atomic E-state index is 0.0912. The summed E-state index contributed by atoms with van der Waals surface area (Å²) >= 11 is 0. The van der Waals surface area contributed by atoms with Crippen molar-refractivity contribution in [2.75, 3.05) is 44.3 Å². The number of hydrogen-bond acceptors (Lipinski definition) is 6. The Labute approximate surface area is 148 Å². The summed E-state index contributed by atoms with van der Waals surface area (Å²) in [6.45, 7) is 7.79. The maximum Gasteiger partial charge on any atom is 0.344 e. The van der Waals surface area contributed by atoms with Crippen LogP contribution in [-0.2, 0) is 9.53 Å². The van der Waals surface area contributed by atoms with Gasteiger partial charge in [-0.3, -0.25) is 4.98 Å². The van der Waals surface area contributed by atoms with E-state index < -0.39 is 0 Å². The van der Waals surface area contributed by atoms with Gasteiger partial charge in [0, 0.05) is 31.2 Å². The molecule has 0 aliphatic carbocycles. The minimum Gasteiger partial charge on any atom is -0.479 e. The Kier molecular flexibility index (Phi) is 5.71. The normalized spacial score (nSPS) is 15.0. The fourth-order valence-corrected chi connectivity index (χ4v) is 3.20. The number of nitrogens with zero attached hydrogens (tertiary/aromatic N) is 2. The molecule has 2 aromatic rings. The lowest BCUT2D eigenvalue weighted by atomic mass is 10.1. The molecular weight excluding hydrogens is 318 g/mol. The number of benzene rings is 1. The van der Waals surface area contributed by atoms with Crippen LogP contribution in [0.2, 0.25) is 0 Å². The number of anilines is 1. The molecule has 3 rings (SSSR count). The zero-order chi connectivity index (χ0) is 17.6. The quantitative estimate of drug-likeness (QED) is 0.841. The number of carbonyl (C=O) groups excluding carboxylic acids is 1. The molecule has 0 amide bonds. The predicted octanol–water partition coefficient (Wildman–Crippen LogP) is 2.28. The number of nitrogens with one attached hydrogen (secondary N) is 1. The highest BCUT2D eigenvalue weighted by molar-refractivity contribution is 5.95. The van der Waals surface area contributed by atoms with E-state index in [0.717, 1.165) is 60.5 Å². The van der Waals surface area contributed by atoms with Crippen LogP contribution in [0.25, 0.3) is 10.9 Å². The van der Waals surface area contributed by atoms with Crippen molar-refractivity contribution < 1.29 is 14.3 Å². The molecule has 0 unspecified atom stereocenters. The Balaban J connectivity index is 2.02. The van der Waals surface area contributed by atoms with Gasteiger partial charge < -0.3 is 19.7 Å². The van der Waals surface area contributed by atoms with Crippen LogP contribution in [0.4, 0.5) is 5.69 Å². The third-order valence-corrected chi connectivity index (χ3v) is 4.30. The molecule has 1 aromatic heterocycles. The average molecular weight is 343 g/mol. The summed E-state index contributed by atoms with van der Waals surface area (Å²) in [6, 6.07) is 6.06. The van der Waals surface area contributed by atoms with Gasteiger partial charge in [0.15, 0.2) is 6.61 Å². The number of esters is 1. The maximum atomic E-state index is 11.7. The molecular formula is C19H25N3O3. The summed E-state index contributed by atoms with van der Waals surface area (Å²) in [7, 11) is 0. The van der Waals surface area contributed by atoms with E-state index in [2.05, 4.69) is 27.3 Å². The number of pyridine rings is 1. The van der Waals surface area contributed by atoms with Gasteiger partial charge in [-0.2, -0.15) is 0 Å². The monoisotopic (exact) mass is 343 g/mol. The molecule has 0 bridgehead atoms. The molecule has 0 atom stereocenters. The summed E-state index contributed by atoms with van der Waals surface area (Å²) < 4.78 is 10.9. The van der Waals surface area contributed by atoms with E-state index in [4.69, 9.17) is 9.47 Å². The zero-order valence-corrected chi connectivity index (χ0v) is 14.9. The van der Waals surface area contributed by atoms with Crippen LogP contribution < -0.4 is 15.0 Å². The van der Waals surface area contributed by atoms with Crippen LogP contribution in [0.3, 0.4) is 0 Å². The van der Waals surface area contributed by atoms with Gasteiger partial charge >= 0.3 is 5.97 Å². The van der Waals surface area contributed by atoms with Crippen molar-refractivity contribution in [3.63, 3.8) is 0 Å². The lowest BCUT2D eigenvalue weighted by Crippen LogP contribution is -2.29. The molecule has 6 nitrogen and oxygen atoms in total. The smallest absolute Gasteiger partial charge is 0.344 e. The third kappa shape index (κ3) is 4.02. The van der Waals surface area contributed by atoms with E-state index in [-0.39, 0.29) is 12.6 Å². The predicted molar refractivity (Wildman–Crippen MR) is 98.3 cm³/mol. The van der Waals surface area contributed by atoms with Crippen molar-refractivity contribution in [2.24, 2.45) is 0 Å². The second-order valence-electron chi connectivity index (χ2n) is 6.13. The molecule has 1 saturated heterocycles. The molecule has 0 spiro atoms. The first kappa shape index (κ1) is 17.5. The van der Waals surface area contributed by atoms with Crippen molar-refractivity contribution in [1.82, 2.24) is 10.3 Å². The first-order chi connectivity index (χ1) is 12.2. The second-order valence-corrected chi connectivity index (χ2v) is 6.13. The van der Waals surface area contributed by atoms with E-state index in [0.29, 0.717) is 6.61 Å². The topological polar surface area (TPSA) is 63.7 Å². The van der Waals surface area contributed by atoms with Gasteiger partial charge in [-0.25, -0.2) is 4.79 Å². The Morgan fingerprint density at radius 1 is 1.36 bits per heavy atom. The number of fused-ring (bicyclic) bond motifs is 1. The van der Waals surface area contributed by atoms with Crippen LogP contribution in [0.1, 0.15) is 18.9 Å². The van der Waals surface area contributed by atoms with Gasteiger partial charge in [-0.05, 0) is 44.5 Å². The highest BCUT2D eigenvalue weighted by Crippen LogP contribution is 2.38. The van der Waals surface area contributed by atoms with Crippen LogP contribution in [-0.4, -0.2) is 50.3 Å². The van der Waals surface area contributed by atoms with E-state index >= 15 is 0 Å². The molecule has 1 aliphatic heterocycles. The van der Waals surface area contributed by atoms with Crippen molar-refractivity contribution >= 4 is 22.6 Å². The highest BCUT2D eigenvalue weighted by atomic mass is 16.6. The Hall–Kier alpha value is -2.34. The standard InChI is InChI=1S/C19H25N3O3/c1-3-24-16(23)13-25-19-14(2)12-15-6-4-8-21-17(15)18(19)22-10-5-7-20-9-11-22/h4,6,8,12,20H,3,5,7,9-11,13H2,1-2H3. The third-order valence-electron chi connectivity index (χ3n) is 4.30. The Bertz CT molecular complexity index is 740. The zero-order valence-electron chi connectivity index (χ0n) is 14.9. The van der Waals surface area contributed by atoms with Gasteiger partial charge in [-0.1, -0.05) is 6.07 Å². The molecule has 1 aromatic carbocycles. The number of carbonyl (C=O) groups is 1. The van der Waals surface area contributed by atoms with Crippen molar-refractivity contribution in [3.05, 3.63) is 30.0 Å². The number of hydrogen-bond donors (Lipinski definition) is 1. The van der Waals surface area contributed by atoms with Crippen molar-refractivity contribution in [1.29, 1.82) is 0 Å². The summed E-state index contributed by atoms with van der Waals surface area (Å²) in [5, 5.41) is 4.50. The fraction of sp³-hybridized carbons (Fsp3) is 0.474. The average Bonchev–Trinajstić information content (AvgIpc) is 2.89. The Morgan fingerprint density at radius 3 is 3.08 bits per heavy atom. The van der Waals surface area contributed by atoms with Crippen LogP contribution in [0.5, 0.6) is 5.75 Å². The lowest BCUT2D eigenvalue weighted by Gasteiger charge is -2.27. The molecule has 134 valence electrons. The first-order valence-corrected chi connectivity index (χ1v) is 8.83. The largest absolute Gasteiger partial charge is 0.479 e. The minimum atomic E-state index is -0.355. The molecule has 1 fully saturated rings. The molecule has 2 heterocycles. The van der Waals surface area contributed by atoms with Crippen molar-refractivity contribution in [3.8, 4) is 5.75 Å². The maximum absolute atomic E-state index is 11.7. The van der Waals surface area contributed by atoms with Crippen LogP contribution in [0, 0.1) is 6.92 Å². The first-order valence-electron chi connectivity index (χ1n) is 8.83. The summed E-state index contributed by atoms with van der Waals surface area (Å²) in [6.07, 6.45) is 2.85. The molecule has 6 heteroatoms. The van der Waals surface area contributed by atoms with E-state index in [1.54, 1.807) is 13.1 Å². The lowest BCUT2D eigenvalue weighted by molar-refractivity contribution is -0.145. The van der Waals surface area contributed by atoms with Gasteiger partial charge in [-0.15, -0.1) is 0 Å². The summed E-state index contributed by atoms with van der Waals surface area (Å²) in [5.41, 5.74) is 2.88. The number of ether oxygens (including phenoxy) is 2.